The van der Waals surface area contributed by atoms with Gasteiger partial charge < -0.3 is 15.4 Å². The molecule has 2 aromatic carbocycles. The highest BCUT2D eigenvalue weighted by molar-refractivity contribution is 7.89. The Morgan fingerprint density at radius 1 is 1.07 bits per heavy atom. The number of amides is 2. The number of nitrogens with one attached hydrogen (secondary N) is 2. The van der Waals surface area contributed by atoms with E-state index in [9.17, 15) is 18.0 Å². The summed E-state index contributed by atoms with van der Waals surface area (Å²) in [6, 6.07) is 12.7. The monoisotopic (exact) mass is 417 g/mol. The van der Waals surface area contributed by atoms with Crippen LogP contribution in [0.25, 0.3) is 0 Å². The normalized spacial score (nSPS) is 14.4. The van der Waals surface area contributed by atoms with Crippen molar-refractivity contribution in [3.63, 3.8) is 0 Å². The summed E-state index contributed by atoms with van der Waals surface area (Å²) in [5.41, 5.74) is 0.681. The molecule has 0 radical (unpaired) electrons. The average Bonchev–Trinajstić information content (AvgIpc) is 3.28. The van der Waals surface area contributed by atoms with Crippen LogP contribution in [0.5, 0.6) is 5.75 Å². The molecule has 1 aliphatic rings. The van der Waals surface area contributed by atoms with Gasteiger partial charge in [0.15, 0.2) is 6.61 Å². The van der Waals surface area contributed by atoms with Gasteiger partial charge in [0.05, 0.1) is 10.5 Å². The van der Waals surface area contributed by atoms with Crippen molar-refractivity contribution >= 4 is 27.5 Å². The molecule has 154 valence electrons. The van der Waals surface area contributed by atoms with Crippen molar-refractivity contribution in [2.45, 2.75) is 17.7 Å². The number of rotatable bonds is 7. The Kier molecular flexibility index (Phi) is 6.50. The average molecular weight is 417 g/mol. The zero-order chi connectivity index (χ0) is 20.9. The number of nitrogens with zero attached hydrogens (tertiary/aromatic N) is 1. The Hall–Kier alpha value is -2.91. The number of para-hydroxylation sites is 1. The smallest absolute Gasteiger partial charge is 0.262 e. The maximum atomic E-state index is 12.7. The molecule has 29 heavy (non-hydrogen) atoms. The van der Waals surface area contributed by atoms with Gasteiger partial charge in [-0.25, -0.2) is 8.42 Å². The number of carbonyl (C=O) groups is 2. The third-order valence-corrected chi connectivity index (χ3v) is 6.43. The number of carbonyl (C=O) groups excluding carboxylic acids is 2. The molecule has 0 bridgehead atoms. The lowest BCUT2D eigenvalue weighted by Gasteiger charge is -2.16. The van der Waals surface area contributed by atoms with Gasteiger partial charge in [-0.05, 0) is 43.2 Å². The molecule has 0 aliphatic carbocycles. The molecular weight excluding hydrogens is 394 g/mol. The van der Waals surface area contributed by atoms with Crippen molar-refractivity contribution in [3.8, 4) is 5.75 Å². The molecule has 1 fully saturated rings. The summed E-state index contributed by atoms with van der Waals surface area (Å²) in [6.07, 6.45) is 1.70. The van der Waals surface area contributed by atoms with Crippen LogP contribution >= 0.6 is 0 Å². The number of benzene rings is 2. The van der Waals surface area contributed by atoms with E-state index in [0.717, 1.165) is 12.8 Å². The van der Waals surface area contributed by atoms with E-state index in [1.807, 2.05) is 0 Å². The molecule has 0 unspecified atom stereocenters. The van der Waals surface area contributed by atoms with Crippen LogP contribution < -0.4 is 15.4 Å². The first-order valence-electron chi connectivity index (χ1n) is 9.26. The highest BCUT2D eigenvalue weighted by Crippen LogP contribution is 2.23. The molecule has 2 aromatic rings. The molecule has 2 amide bonds. The summed E-state index contributed by atoms with van der Waals surface area (Å²) >= 11 is 0. The van der Waals surface area contributed by atoms with Gasteiger partial charge in [-0.2, -0.15) is 4.31 Å². The number of anilines is 1. The van der Waals surface area contributed by atoms with E-state index in [1.54, 1.807) is 36.4 Å². The van der Waals surface area contributed by atoms with E-state index in [2.05, 4.69) is 10.6 Å². The van der Waals surface area contributed by atoms with Gasteiger partial charge in [0.1, 0.15) is 5.75 Å². The summed E-state index contributed by atoms with van der Waals surface area (Å²) < 4.78 is 32.3. The van der Waals surface area contributed by atoms with Crippen molar-refractivity contribution in [1.82, 2.24) is 9.62 Å². The first kappa shape index (κ1) is 20.8. The van der Waals surface area contributed by atoms with Gasteiger partial charge in [-0.1, -0.05) is 18.2 Å². The Morgan fingerprint density at radius 2 is 1.79 bits per heavy atom. The summed E-state index contributed by atoms with van der Waals surface area (Å²) in [4.78, 5) is 24.3. The molecular formula is C20H23N3O5S. The molecule has 0 atom stereocenters. The number of sulfonamides is 1. The number of hydrogen-bond acceptors (Lipinski definition) is 5. The van der Waals surface area contributed by atoms with Crippen LogP contribution in [0.2, 0.25) is 0 Å². The topological polar surface area (TPSA) is 105 Å². The zero-order valence-corrected chi connectivity index (χ0v) is 16.9. The van der Waals surface area contributed by atoms with Gasteiger partial charge in [-0.3, -0.25) is 9.59 Å². The quantitative estimate of drug-likeness (QED) is 0.715. The van der Waals surface area contributed by atoms with Crippen molar-refractivity contribution in [1.29, 1.82) is 0 Å². The van der Waals surface area contributed by atoms with Crippen LogP contribution in [0.4, 0.5) is 5.69 Å². The Morgan fingerprint density at radius 3 is 2.52 bits per heavy atom. The summed E-state index contributed by atoms with van der Waals surface area (Å²) in [5, 5.41) is 5.14. The fourth-order valence-electron chi connectivity index (χ4n) is 3.07. The number of hydrogen-bond donors (Lipinski definition) is 2. The minimum absolute atomic E-state index is 0.142. The lowest BCUT2D eigenvalue weighted by atomic mass is 10.2. The second kappa shape index (κ2) is 9.06. The van der Waals surface area contributed by atoms with Gasteiger partial charge in [0.25, 0.3) is 11.8 Å². The van der Waals surface area contributed by atoms with E-state index in [4.69, 9.17) is 4.74 Å². The Bertz CT molecular complexity index is 1000. The standard InChI is InChI=1S/C20H23N3O5S/c1-21-20(25)17-9-2-3-10-18(17)28-14-19(24)22-15-7-6-8-16(13-15)29(26,27)23-11-4-5-12-23/h2-3,6-10,13H,4-5,11-12,14H2,1H3,(H,21,25)(H,22,24). The minimum Gasteiger partial charge on any atom is -0.483 e. The summed E-state index contributed by atoms with van der Waals surface area (Å²) in [5.74, 6) is -0.499. The molecule has 8 nitrogen and oxygen atoms in total. The van der Waals surface area contributed by atoms with Crippen LogP contribution in [0.1, 0.15) is 23.2 Å². The Labute approximate surface area is 169 Å². The summed E-state index contributed by atoms with van der Waals surface area (Å²) in [7, 11) is -2.06. The van der Waals surface area contributed by atoms with Gasteiger partial charge in [-0.15, -0.1) is 0 Å². The SMILES string of the molecule is CNC(=O)c1ccccc1OCC(=O)Nc1cccc(S(=O)(=O)N2CCCC2)c1. The molecule has 1 heterocycles. The maximum absolute atomic E-state index is 12.7. The van der Waals surface area contributed by atoms with Crippen LogP contribution in [0.15, 0.2) is 53.4 Å². The second-order valence-electron chi connectivity index (χ2n) is 6.55. The molecule has 0 saturated carbocycles. The van der Waals surface area contributed by atoms with E-state index in [0.29, 0.717) is 24.3 Å². The van der Waals surface area contributed by atoms with Crippen molar-refractivity contribution in [2.24, 2.45) is 0 Å². The summed E-state index contributed by atoms with van der Waals surface area (Å²) in [6.45, 7) is 0.701. The van der Waals surface area contributed by atoms with E-state index in [-0.39, 0.29) is 23.2 Å². The lowest BCUT2D eigenvalue weighted by molar-refractivity contribution is -0.118. The van der Waals surface area contributed by atoms with Crippen LogP contribution in [0.3, 0.4) is 0 Å². The zero-order valence-electron chi connectivity index (χ0n) is 16.1. The molecule has 1 saturated heterocycles. The molecule has 0 spiro atoms. The highest BCUT2D eigenvalue weighted by Gasteiger charge is 2.27. The Balaban J connectivity index is 1.66. The molecule has 0 aromatic heterocycles. The third kappa shape index (κ3) is 4.93. The van der Waals surface area contributed by atoms with Crippen LogP contribution in [-0.4, -0.2) is 51.3 Å². The molecule has 2 N–H and O–H groups in total. The predicted octanol–water partition coefficient (Wildman–Crippen LogP) is 1.85. The first-order valence-corrected chi connectivity index (χ1v) is 10.7. The van der Waals surface area contributed by atoms with Crippen LogP contribution in [-0.2, 0) is 14.8 Å². The van der Waals surface area contributed by atoms with Gasteiger partial charge in [0, 0.05) is 25.8 Å². The van der Waals surface area contributed by atoms with Gasteiger partial charge >= 0.3 is 0 Å². The molecule has 9 heteroatoms. The first-order chi connectivity index (χ1) is 13.9. The third-order valence-electron chi connectivity index (χ3n) is 4.54. The van der Waals surface area contributed by atoms with Crippen molar-refractivity contribution < 1.29 is 22.7 Å². The molecule has 1 aliphatic heterocycles. The lowest BCUT2D eigenvalue weighted by Crippen LogP contribution is -2.28. The fourth-order valence-corrected chi connectivity index (χ4v) is 4.63. The minimum atomic E-state index is -3.56. The van der Waals surface area contributed by atoms with Gasteiger partial charge in [0.2, 0.25) is 10.0 Å². The van der Waals surface area contributed by atoms with Crippen molar-refractivity contribution in [2.75, 3.05) is 32.1 Å². The molecule has 3 rings (SSSR count). The second-order valence-corrected chi connectivity index (χ2v) is 8.49. The fraction of sp³-hybridized carbons (Fsp3) is 0.300. The maximum Gasteiger partial charge on any atom is 0.262 e. The predicted molar refractivity (Wildman–Crippen MR) is 108 cm³/mol. The van der Waals surface area contributed by atoms with E-state index >= 15 is 0 Å². The largest absolute Gasteiger partial charge is 0.483 e. The van der Waals surface area contributed by atoms with E-state index in [1.165, 1.54) is 23.5 Å². The highest BCUT2D eigenvalue weighted by atomic mass is 32.2. The van der Waals surface area contributed by atoms with Crippen LogP contribution in [0, 0.1) is 0 Å². The van der Waals surface area contributed by atoms with Crippen molar-refractivity contribution in [3.05, 3.63) is 54.1 Å². The number of ether oxygens (including phenoxy) is 1. The van der Waals surface area contributed by atoms with E-state index < -0.39 is 15.9 Å².